The molecule has 0 aliphatic heterocycles. The van der Waals surface area contributed by atoms with Crippen molar-refractivity contribution in [3.8, 4) is 0 Å². The van der Waals surface area contributed by atoms with Gasteiger partial charge in [0.05, 0.1) is 6.10 Å². The first-order chi connectivity index (χ1) is 9.45. The van der Waals surface area contributed by atoms with Gasteiger partial charge in [-0.3, -0.25) is 4.79 Å². The Morgan fingerprint density at radius 1 is 1.15 bits per heavy atom. The zero-order chi connectivity index (χ0) is 14.1. The molecule has 0 radical (unpaired) electrons. The molecule has 0 amide bonds. The van der Waals surface area contributed by atoms with Crippen LogP contribution >= 0.6 is 0 Å². The molecule has 2 nitrogen and oxygen atoms in total. The fraction of sp³-hybridized carbons (Fsp3) is 0.833. The summed E-state index contributed by atoms with van der Waals surface area (Å²) >= 11 is 0. The number of carbonyl (C=O) groups is 1. The Bertz CT molecular complexity index is 494. The van der Waals surface area contributed by atoms with Gasteiger partial charge >= 0.3 is 0 Å². The van der Waals surface area contributed by atoms with Crippen LogP contribution in [0.15, 0.2) is 11.6 Å². The van der Waals surface area contributed by atoms with Gasteiger partial charge in [-0.05, 0) is 73.2 Å². The highest BCUT2D eigenvalue weighted by Crippen LogP contribution is 2.67. The molecule has 4 aliphatic carbocycles. The molecule has 3 saturated carbocycles. The van der Waals surface area contributed by atoms with Crippen LogP contribution in [0.5, 0.6) is 0 Å². The smallest absolute Gasteiger partial charge is 0.155 e. The molecule has 3 fully saturated rings. The van der Waals surface area contributed by atoms with Gasteiger partial charge in [-0.25, -0.2) is 0 Å². The van der Waals surface area contributed by atoms with E-state index in [1.165, 1.54) is 24.8 Å². The van der Waals surface area contributed by atoms with E-state index >= 15 is 0 Å². The van der Waals surface area contributed by atoms with Crippen LogP contribution in [0.1, 0.15) is 58.8 Å². The molecular formula is C18H26O2. The van der Waals surface area contributed by atoms with Crippen molar-refractivity contribution in [2.24, 2.45) is 28.6 Å². The standard InChI is InChI=1S/C18H26O2/c1-17-7-5-12(19)9-11(17)10-13-14-3-4-16(20)18(14,2)8-6-15(13)17/h9,13-16,20H,3-8,10H2,1-2H3/t13-,14+,15+,16+,17-,18-/m1/s1. The Hall–Kier alpha value is -0.630. The summed E-state index contributed by atoms with van der Waals surface area (Å²) in [7, 11) is 0. The lowest BCUT2D eigenvalue weighted by atomic mass is 9.56. The zero-order valence-corrected chi connectivity index (χ0v) is 12.7. The second kappa shape index (κ2) is 3.97. The first-order valence-corrected chi connectivity index (χ1v) is 8.37. The molecule has 110 valence electrons. The molecule has 4 rings (SSSR count). The van der Waals surface area contributed by atoms with Gasteiger partial charge in [-0.2, -0.15) is 0 Å². The van der Waals surface area contributed by atoms with Gasteiger partial charge in [0.2, 0.25) is 0 Å². The van der Waals surface area contributed by atoms with Crippen molar-refractivity contribution in [3.05, 3.63) is 11.6 Å². The van der Waals surface area contributed by atoms with Crippen molar-refractivity contribution in [2.75, 3.05) is 0 Å². The fourth-order valence-corrected chi connectivity index (χ4v) is 6.28. The van der Waals surface area contributed by atoms with Crippen LogP contribution in [0.4, 0.5) is 0 Å². The molecule has 6 atom stereocenters. The molecule has 0 aromatic rings. The van der Waals surface area contributed by atoms with Crippen LogP contribution in [0, 0.1) is 28.6 Å². The Balaban J connectivity index is 1.72. The van der Waals surface area contributed by atoms with Gasteiger partial charge in [0.25, 0.3) is 0 Å². The Kier molecular flexibility index (Phi) is 2.59. The highest BCUT2D eigenvalue weighted by Gasteiger charge is 2.60. The highest BCUT2D eigenvalue weighted by molar-refractivity contribution is 5.91. The van der Waals surface area contributed by atoms with E-state index in [0.29, 0.717) is 17.6 Å². The molecule has 0 heterocycles. The molecule has 0 aromatic carbocycles. The van der Waals surface area contributed by atoms with E-state index < -0.39 is 0 Å². The van der Waals surface area contributed by atoms with E-state index in [0.717, 1.165) is 31.6 Å². The number of carbonyl (C=O) groups excluding carboxylic acids is 1. The molecule has 0 bridgehead atoms. The molecule has 0 aromatic heterocycles. The summed E-state index contributed by atoms with van der Waals surface area (Å²) in [6, 6.07) is 0. The van der Waals surface area contributed by atoms with Crippen LogP contribution in [-0.4, -0.2) is 17.0 Å². The van der Waals surface area contributed by atoms with Crippen molar-refractivity contribution in [1.29, 1.82) is 0 Å². The minimum absolute atomic E-state index is 0.0977. The van der Waals surface area contributed by atoms with Crippen LogP contribution in [0.25, 0.3) is 0 Å². The quantitative estimate of drug-likeness (QED) is 0.734. The molecule has 4 aliphatic rings. The topological polar surface area (TPSA) is 37.3 Å². The van der Waals surface area contributed by atoms with Gasteiger partial charge in [0.15, 0.2) is 5.78 Å². The van der Waals surface area contributed by atoms with Crippen LogP contribution < -0.4 is 0 Å². The van der Waals surface area contributed by atoms with Crippen molar-refractivity contribution >= 4 is 5.78 Å². The monoisotopic (exact) mass is 274 g/mol. The third-order valence-corrected chi connectivity index (χ3v) is 7.62. The maximum absolute atomic E-state index is 11.8. The van der Waals surface area contributed by atoms with Crippen LogP contribution in [-0.2, 0) is 4.79 Å². The van der Waals surface area contributed by atoms with Gasteiger partial charge in [-0.15, -0.1) is 0 Å². The average molecular weight is 274 g/mol. The molecule has 1 N–H and O–H groups in total. The predicted octanol–water partition coefficient (Wildman–Crippen LogP) is 3.49. The minimum Gasteiger partial charge on any atom is -0.393 e. The van der Waals surface area contributed by atoms with E-state index in [-0.39, 0.29) is 16.9 Å². The lowest BCUT2D eigenvalue weighted by molar-refractivity contribution is -0.116. The number of fused-ring (bicyclic) bond motifs is 5. The number of rotatable bonds is 0. The Labute approximate surface area is 121 Å². The average Bonchev–Trinajstić information content (AvgIpc) is 2.86. The highest BCUT2D eigenvalue weighted by atomic mass is 16.3. The van der Waals surface area contributed by atoms with E-state index in [9.17, 15) is 9.90 Å². The first kappa shape index (κ1) is 13.1. The molecule has 0 unspecified atom stereocenters. The zero-order valence-electron chi connectivity index (χ0n) is 12.7. The van der Waals surface area contributed by atoms with Crippen molar-refractivity contribution < 1.29 is 9.90 Å². The second-order valence-electron chi connectivity index (χ2n) is 8.27. The number of allylic oxidation sites excluding steroid dienone is 2. The summed E-state index contributed by atoms with van der Waals surface area (Å²) in [6.45, 7) is 4.72. The molecular weight excluding hydrogens is 248 g/mol. The maximum Gasteiger partial charge on any atom is 0.155 e. The summed E-state index contributed by atoms with van der Waals surface area (Å²) in [5.74, 6) is 2.48. The lowest BCUT2D eigenvalue weighted by Gasteiger charge is -2.48. The maximum atomic E-state index is 11.8. The summed E-state index contributed by atoms with van der Waals surface area (Å²) in [4.78, 5) is 11.8. The number of aliphatic hydroxyl groups excluding tert-OH is 1. The van der Waals surface area contributed by atoms with E-state index in [1.807, 2.05) is 6.08 Å². The number of hydrogen-bond acceptors (Lipinski definition) is 2. The summed E-state index contributed by atoms with van der Waals surface area (Å²) in [5.41, 5.74) is 1.87. The molecule has 0 saturated heterocycles. The number of ketones is 1. The lowest BCUT2D eigenvalue weighted by Crippen LogP contribution is -2.44. The van der Waals surface area contributed by atoms with Gasteiger partial charge in [0.1, 0.15) is 0 Å². The van der Waals surface area contributed by atoms with Gasteiger partial charge in [0, 0.05) is 6.42 Å². The van der Waals surface area contributed by atoms with Gasteiger partial charge < -0.3 is 5.11 Å². The molecule has 0 spiro atoms. The summed E-state index contributed by atoms with van der Waals surface area (Å²) in [6.07, 6.45) is 9.41. The normalized spacial score (nSPS) is 54.1. The largest absolute Gasteiger partial charge is 0.393 e. The van der Waals surface area contributed by atoms with Crippen molar-refractivity contribution in [3.63, 3.8) is 0 Å². The summed E-state index contributed by atoms with van der Waals surface area (Å²) < 4.78 is 0. The Morgan fingerprint density at radius 2 is 1.95 bits per heavy atom. The molecule has 2 heteroatoms. The fourth-order valence-electron chi connectivity index (χ4n) is 6.28. The third-order valence-electron chi connectivity index (χ3n) is 7.62. The molecule has 20 heavy (non-hydrogen) atoms. The van der Waals surface area contributed by atoms with E-state index in [2.05, 4.69) is 13.8 Å². The van der Waals surface area contributed by atoms with Crippen molar-refractivity contribution in [1.82, 2.24) is 0 Å². The Morgan fingerprint density at radius 3 is 2.75 bits per heavy atom. The third kappa shape index (κ3) is 1.46. The number of aliphatic hydroxyl groups is 1. The SMILES string of the molecule is C[C@@]12CC[C@H]3[C@H](CC4=CC(=O)CC[C@]43C)[C@@H]1CC[C@@H]2O. The van der Waals surface area contributed by atoms with Crippen LogP contribution in [0.2, 0.25) is 0 Å². The van der Waals surface area contributed by atoms with Crippen molar-refractivity contribution in [2.45, 2.75) is 64.9 Å². The van der Waals surface area contributed by atoms with E-state index in [4.69, 9.17) is 0 Å². The van der Waals surface area contributed by atoms with Gasteiger partial charge in [-0.1, -0.05) is 19.4 Å². The minimum atomic E-state index is -0.0977. The summed E-state index contributed by atoms with van der Waals surface area (Å²) in [5, 5.41) is 10.4. The number of hydrogen-bond donors (Lipinski definition) is 1. The van der Waals surface area contributed by atoms with E-state index in [1.54, 1.807) is 0 Å². The predicted molar refractivity (Wildman–Crippen MR) is 78.1 cm³/mol. The first-order valence-electron chi connectivity index (χ1n) is 8.37. The second-order valence-corrected chi connectivity index (χ2v) is 8.27. The van der Waals surface area contributed by atoms with Crippen LogP contribution in [0.3, 0.4) is 0 Å².